The maximum Gasteiger partial charge on any atom is 0.243 e. The molecule has 1 rings (SSSR count). The second-order valence-electron chi connectivity index (χ2n) is 3.65. The molecule has 5 nitrogen and oxygen atoms in total. The molecule has 0 aliphatic heterocycles. The van der Waals surface area contributed by atoms with Crippen LogP contribution in [0.2, 0.25) is 0 Å². The summed E-state index contributed by atoms with van der Waals surface area (Å²) >= 11 is 0. The highest BCUT2D eigenvalue weighted by atomic mass is 16.5. The van der Waals surface area contributed by atoms with Crippen molar-refractivity contribution in [2.45, 2.75) is 19.4 Å². The van der Waals surface area contributed by atoms with Gasteiger partial charge in [0, 0.05) is 31.8 Å². The quantitative estimate of drug-likeness (QED) is 0.339. The third-order valence-electron chi connectivity index (χ3n) is 1.94. The predicted octanol–water partition coefficient (Wildman–Crippen LogP) is 1.14. The van der Waals surface area contributed by atoms with Gasteiger partial charge in [-0.2, -0.15) is 0 Å². The van der Waals surface area contributed by atoms with Gasteiger partial charge >= 0.3 is 0 Å². The van der Waals surface area contributed by atoms with Crippen LogP contribution >= 0.6 is 0 Å². The molecular formula is C10H14N3O2+. The summed E-state index contributed by atoms with van der Waals surface area (Å²) < 4.78 is 0.974. The third kappa shape index (κ3) is 3.05. The van der Waals surface area contributed by atoms with Crippen molar-refractivity contribution in [3.05, 3.63) is 30.1 Å². The van der Waals surface area contributed by atoms with Crippen LogP contribution in [0.5, 0.6) is 0 Å². The molecule has 0 bridgehead atoms. The fourth-order valence-corrected chi connectivity index (χ4v) is 0.958. The van der Waals surface area contributed by atoms with E-state index in [0.717, 1.165) is 10.3 Å². The second-order valence-corrected chi connectivity index (χ2v) is 3.65. The molecule has 1 aromatic rings. The summed E-state index contributed by atoms with van der Waals surface area (Å²) in [6.45, 7) is 3.43. The van der Waals surface area contributed by atoms with E-state index in [0.29, 0.717) is 0 Å². The van der Waals surface area contributed by atoms with Crippen LogP contribution in [-0.2, 0) is 0 Å². The van der Waals surface area contributed by atoms with Gasteiger partial charge in [0.25, 0.3) is 0 Å². The molecule has 80 valence electrons. The maximum atomic E-state index is 9.72. The summed E-state index contributed by atoms with van der Waals surface area (Å²) in [5, 5.41) is 21.1. The smallest absolute Gasteiger partial charge is 0.243 e. The number of hydrogen-bond acceptors (Lipinski definition) is 4. The average molecular weight is 208 g/mol. The first kappa shape index (κ1) is 11.2. The van der Waals surface area contributed by atoms with Gasteiger partial charge < -0.3 is 5.21 Å². The van der Waals surface area contributed by atoms with E-state index in [4.69, 9.17) is 5.21 Å². The normalized spacial score (nSPS) is 13.3. The monoisotopic (exact) mass is 208 g/mol. The number of aromatic nitrogens is 1. The lowest BCUT2D eigenvalue weighted by atomic mass is 10.1. The third-order valence-corrected chi connectivity index (χ3v) is 1.94. The molecular weight excluding hydrogens is 194 g/mol. The molecule has 0 unspecified atom stereocenters. The zero-order valence-corrected chi connectivity index (χ0v) is 8.70. The minimum Gasteiger partial charge on any atom is -0.411 e. The molecule has 0 saturated carbocycles. The van der Waals surface area contributed by atoms with Gasteiger partial charge in [0.15, 0.2) is 0 Å². The fraction of sp³-hybridized carbons (Fsp3) is 0.300. The van der Waals surface area contributed by atoms with Gasteiger partial charge in [-0.1, -0.05) is 5.16 Å². The van der Waals surface area contributed by atoms with Crippen LogP contribution < -0.4 is 0 Å². The largest absolute Gasteiger partial charge is 0.411 e. The van der Waals surface area contributed by atoms with Crippen LogP contribution in [0.3, 0.4) is 0 Å². The Morgan fingerprint density at radius 1 is 1.40 bits per heavy atom. The van der Waals surface area contributed by atoms with Crippen molar-refractivity contribution in [3.8, 4) is 0 Å². The average Bonchev–Trinajstić information content (AvgIpc) is 2.19. The lowest BCUT2D eigenvalue weighted by Gasteiger charge is -2.09. The summed E-state index contributed by atoms with van der Waals surface area (Å²) in [4.78, 5) is 3.86. The summed E-state index contributed by atoms with van der Waals surface area (Å²) in [7, 11) is 0. The van der Waals surface area contributed by atoms with Crippen molar-refractivity contribution in [1.29, 1.82) is 0 Å². The zero-order chi connectivity index (χ0) is 11.3. The Labute approximate surface area is 88.0 Å². The molecule has 0 radical (unpaired) electrons. The molecule has 0 atom stereocenters. The van der Waals surface area contributed by atoms with Crippen LogP contribution in [-0.4, -0.2) is 38.1 Å². The minimum absolute atomic E-state index is 0.766. The van der Waals surface area contributed by atoms with Gasteiger partial charge in [-0.05, 0) is 16.9 Å². The van der Waals surface area contributed by atoms with Crippen molar-refractivity contribution in [2.24, 2.45) is 5.16 Å². The lowest BCUT2D eigenvalue weighted by molar-refractivity contribution is -0.805. The Kier molecular flexibility index (Phi) is 3.38. The van der Waals surface area contributed by atoms with Crippen LogP contribution in [0.15, 0.2) is 29.7 Å². The summed E-state index contributed by atoms with van der Waals surface area (Å²) in [5.74, 6) is 0. The van der Waals surface area contributed by atoms with E-state index in [1.807, 2.05) is 0 Å². The van der Waals surface area contributed by atoms with Gasteiger partial charge in [0.1, 0.15) is 6.21 Å². The molecule has 0 fully saturated rings. The van der Waals surface area contributed by atoms with Crippen LogP contribution in [0.25, 0.3) is 0 Å². The van der Waals surface area contributed by atoms with E-state index >= 15 is 0 Å². The van der Waals surface area contributed by atoms with Crippen molar-refractivity contribution < 1.29 is 15.2 Å². The van der Waals surface area contributed by atoms with Crippen LogP contribution in [0.1, 0.15) is 19.4 Å². The summed E-state index contributed by atoms with van der Waals surface area (Å²) in [5.41, 5.74) is 0.0461. The van der Waals surface area contributed by atoms with E-state index in [9.17, 15) is 5.21 Å². The molecule has 1 aromatic heterocycles. The molecule has 0 aromatic carbocycles. The van der Waals surface area contributed by atoms with Gasteiger partial charge in [-0.3, -0.25) is 10.2 Å². The Bertz CT molecular complexity index is 372. The van der Waals surface area contributed by atoms with Gasteiger partial charge in [0.05, 0.1) is 0 Å². The second kappa shape index (κ2) is 4.54. The molecule has 0 aliphatic carbocycles. The van der Waals surface area contributed by atoms with Crippen LogP contribution in [0, 0.1) is 0 Å². The number of hydroxylamine groups is 1. The topological polar surface area (TPSA) is 68.7 Å². The number of oxime groups is 1. The molecule has 1 heterocycles. The van der Waals surface area contributed by atoms with Gasteiger partial charge in [-0.15, -0.1) is 0 Å². The van der Waals surface area contributed by atoms with Crippen molar-refractivity contribution in [1.82, 2.24) is 4.98 Å². The first-order valence-electron chi connectivity index (χ1n) is 4.48. The summed E-state index contributed by atoms with van der Waals surface area (Å²) in [6.07, 6.45) is 6.04. The standard InChI is InChI=1S/C10H13N3O2/c1-10(2,8-12-14)13(15)7-9-3-5-11-6-4-9/h3-8H,1-2H3,(H-,14,15)/p+1. The fourth-order valence-electron chi connectivity index (χ4n) is 0.958. The van der Waals surface area contributed by atoms with Gasteiger partial charge in [0.2, 0.25) is 11.8 Å². The number of hydrogen-bond donors (Lipinski definition) is 2. The van der Waals surface area contributed by atoms with E-state index < -0.39 is 5.54 Å². The first-order chi connectivity index (χ1) is 7.06. The summed E-state index contributed by atoms with van der Waals surface area (Å²) in [6, 6.07) is 3.52. The SMILES string of the molecule is CC(C)(C=NO)[N+](O)=Cc1ccncc1. The predicted molar refractivity (Wildman–Crippen MR) is 55.8 cm³/mol. The Hall–Kier alpha value is -1.91. The Morgan fingerprint density at radius 3 is 2.53 bits per heavy atom. The van der Waals surface area contributed by atoms with Crippen molar-refractivity contribution >= 4 is 12.4 Å². The molecule has 0 aliphatic rings. The molecule has 5 heteroatoms. The van der Waals surface area contributed by atoms with Crippen molar-refractivity contribution in [2.75, 3.05) is 0 Å². The van der Waals surface area contributed by atoms with E-state index in [1.54, 1.807) is 38.4 Å². The highest BCUT2D eigenvalue weighted by Crippen LogP contribution is 2.03. The first-order valence-corrected chi connectivity index (χ1v) is 4.48. The number of pyridine rings is 1. The van der Waals surface area contributed by atoms with E-state index in [1.165, 1.54) is 12.4 Å². The molecule has 15 heavy (non-hydrogen) atoms. The molecule has 2 N–H and O–H groups in total. The Morgan fingerprint density at radius 2 is 2.00 bits per heavy atom. The van der Waals surface area contributed by atoms with Crippen LogP contribution in [0.4, 0.5) is 0 Å². The highest BCUT2D eigenvalue weighted by molar-refractivity contribution is 5.76. The van der Waals surface area contributed by atoms with Crippen molar-refractivity contribution in [3.63, 3.8) is 0 Å². The minimum atomic E-state index is -0.766. The Balaban J connectivity index is 2.94. The molecule has 0 spiro atoms. The van der Waals surface area contributed by atoms with E-state index in [2.05, 4.69) is 10.1 Å². The maximum absolute atomic E-state index is 9.72. The molecule has 0 amide bonds. The zero-order valence-electron chi connectivity index (χ0n) is 8.70. The van der Waals surface area contributed by atoms with E-state index in [-0.39, 0.29) is 0 Å². The highest BCUT2D eigenvalue weighted by Gasteiger charge is 2.29. The molecule has 0 saturated heterocycles. The number of rotatable bonds is 3. The number of nitrogens with zero attached hydrogens (tertiary/aromatic N) is 3. The van der Waals surface area contributed by atoms with Gasteiger partial charge in [-0.25, -0.2) is 0 Å². The lowest BCUT2D eigenvalue weighted by Crippen LogP contribution is -2.36.